The van der Waals surface area contributed by atoms with Gasteiger partial charge in [0.15, 0.2) is 5.82 Å². The molecular formula is C12H23N3O. The van der Waals surface area contributed by atoms with Crippen molar-refractivity contribution in [2.45, 2.75) is 58.9 Å². The van der Waals surface area contributed by atoms with E-state index in [0.29, 0.717) is 12.5 Å². The average molecular weight is 225 g/mol. The van der Waals surface area contributed by atoms with Crippen LogP contribution < -0.4 is 5.32 Å². The molecule has 0 aromatic carbocycles. The van der Waals surface area contributed by atoms with E-state index in [1.807, 2.05) is 0 Å². The van der Waals surface area contributed by atoms with Gasteiger partial charge in [-0.25, -0.2) is 0 Å². The zero-order valence-electron chi connectivity index (χ0n) is 10.6. The van der Waals surface area contributed by atoms with Gasteiger partial charge in [0, 0.05) is 5.92 Å². The van der Waals surface area contributed by atoms with Crippen molar-refractivity contribution >= 4 is 0 Å². The van der Waals surface area contributed by atoms with E-state index >= 15 is 0 Å². The van der Waals surface area contributed by atoms with E-state index in [1.165, 1.54) is 0 Å². The third kappa shape index (κ3) is 3.93. The summed E-state index contributed by atoms with van der Waals surface area (Å²) in [7, 11) is 0. The van der Waals surface area contributed by atoms with E-state index < -0.39 is 0 Å². The first-order valence-electron chi connectivity index (χ1n) is 6.34. The first kappa shape index (κ1) is 13.2. The lowest BCUT2D eigenvalue weighted by atomic mass is 9.98. The van der Waals surface area contributed by atoms with Crippen LogP contribution in [0.3, 0.4) is 0 Å². The lowest BCUT2D eigenvalue weighted by Gasteiger charge is -2.08. The zero-order chi connectivity index (χ0) is 11.8. The standard InChI is InChI=1S/C12H23N3O/c1-4-7-10(8-5-2)12-14-11(15-16-12)9-13-6-3/h10,13H,4-9H2,1-3H3. The Morgan fingerprint density at radius 3 is 2.44 bits per heavy atom. The molecule has 0 amide bonds. The highest BCUT2D eigenvalue weighted by Crippen LogP contribution is 2.24. The van der Waals surface area contributed by atoms with Crippen molar-refractivity contribution in [3.05, 3.63) is 11.7 Å². The molecule has 0 aliphatic heterocycles. The minimum Gasteiger partial charge on any atom is -0.339 e. The van der Waals surface area contributed by atoms with Gasteiger partial charge >= 0.3 is 0 Å². The van der Waals surface area contributed by atoms with Crippen LogP contribution in [0, 0.1) is 0 Å². The lowest BCUT2D eigenvalue weighted by Crippen LogP contribution is -2.13. The number of nitrogens with one attached hydrogen (secondary N) is 1. The molecule has 1 aromatic rings. The highest BCUT2D eigenvalue weighted by atomic mass is 16.5. The van der Waals surface area contributed by atoms with E-state index in [2.05, 4.69) is 36.2 Å². The topological polar surface area (TPSA) is 51.0 Å². The summed E-state index contributed by atoms with van der Waals surface area (Å²) >= 11 is 0. The van der Waals surface area contributed by atoms with Gasteiger partial charge < -0.3 is 9.84 Å². The molecule has 16 heavy (non-hydrogen) atoms. The van der Waals surface area contributed by atoms with Crippen molar-refractivity contribution in [3.63, 3.8) is 0 Å². The largest absolute Gasteiger partial charge is 0.339 e. The van der Waals surface area contributed by atoms with Gasteiger partial charge in [0.25, 0.3) is 0 Å². The normalized spacial score (nSPS) is 11.2. The molecule has 0 saturated carbocycles. The smallest absolute Gasteiger partial charge is 0.229 e. The van der Waals surface area contributed by atoms with Crippen LogP contribution in [0.15, 0.2) is 4.52 Å². The lowest BCUT2D eigenvalue weighted by molar-refractivity contribution is 0.333. The fourth-order valence-electron chi connectivity index (χ4n) is 1.83. The summed E-state index contributed by atoms with van der Waals surface area (Å²) in [5.41, 5.74) is 0. The number of nitrogens with zero attached hydrogens (tertiary/aromatic N) is 2. The Labute approximate surface area is 97.8 Å². The van der Waals surface area contributed by atoms with Gasteiger partial charge in [-0.3, -0.25) is 0 Å². The van der Waals surface area contributed by atoms with Crippen LogP contribution >= 0.6 is 0 Å². The number of hydrogen-bond donors (Lipinski definition) is 1. The molecule has 4 nitrogen and oxygen atoms in total. The molecule has 0 spiro atoms. The fourth-order valence-corrected chi connectivity index (χ4v) is 1.83. The fraction of sp³-hybridized carbons (Fsp3) is 0.833. The summed E-state index contributed by atoms with van der Waals surface area (Å²) in [6.07, 6.45) is 4.60. The van der Waals surface area contributed by atoms with Crippen LogP contribution in [0.2, 0.25) is 0 Å². The average Bonchev–Trinajstić information content (AvgIpc) is 2.74. The molecule has 0 aliphatic carbocycles. The molecular weight excluding hydrogens is 202 g/mol. The third-order valence-corrected chi connectivity index (χ3v) is 2.64. The number of rotatable bonds is 8. The van der Waals surface area contributed by atoms with Crippen LogP contribution in [-0.2, 0) is 6.54 Å². The molecule has 0 unspecified atom stereocenters. The Morgan fingerprint density at radius 1 is 1.19 bits per heavy atom. The summed E-state index contributed by atoms with van der Waals surface area (Å²) in [5, 5.41) is 7.19. The second-order valence-corrected chi connectivity index (χ2v) is 4.10. The summed E-state index contributed by atoms with van der Waals surface area (Å²) < 4.78 is 5.33. The van der Waals surface area contributed by atoms with Gasteiger partial charge in [0.05, 0.1) is 6.54 Å². The van der Waals surface area contributed by atoms with E-state index in [9.17, 15) is 0 Å². The molecule has 0 aliphatic rings. The molecule has 0 saturated heterocycles. The summed E-state index contributed by atoms with van der Waals surface area (Å²) in [6.45, 7) is 8.08. The van der Waals surface area contributed by atoms with E-state index in [0.717, 1.165) is 43.9 Å². The Bertz CT molecular complexity index is 280. The molecule has 1 N–H and O–H groups in total. The molecule has 0 bridgehead atoms. The Balaban J connectivity index is 2.58. The highest BCUT2D eigenvalue weighted by molar-refractivity contribution is 4.93. The van der Waals surface area contributed by atoms with Crippen LogP contribution in [0.5, 0.6) is 0 Å². The van der Waals surface area contributed by atoms with Crippen molar-refractivity contribution in [1.82, 2.24) is 15.5 Å². The van der Waals surface area contributed by atoms with Gasteiger partial charge in [-0.1, -0.05) is 38.8 Å². The second-order valence-electron chi connectivity index (χ2n) is 4.10. The van der Waals surface area contributed by atoms with Crippen LogP contribution in [-0.4, -0.2) is 16.7 Å². The maximum Gasteiger partial charge on any atom is 0.229 e. The van der Waals surface area contributed by atoms with Crippen molar-refractivity contribution < 1.29 is 4.52 Å². The first-order valence-corrected chi connectivity index (χ1v) is 6.34. The van der Waals surface area contributed by atoms with E-state index in [4.69, 9.17) is 4.52 Å². The second kappa shape index (κ2) is 7.39. The molecule has 1 aromatic heterocycles. The van der Waals surface area contributed by atoms with Crippen molar-refractivity contribution in [2.24, 2.45) is 0 Å². The van der Waals surface area contributed by atoms with Gasteiger partial charge in [-0.05, 0) is 19.4 Å². The van der Waals surface area contributed by atoms with Gasteiger partial charge in [0.2, 0.25) is 5.89 Å². The molecule has 4 heteroatoms. The van der Waals surface area contributed by atoms with Gasteiger partial charge in [-0.2, -0.15) is 4.98 Å². The monoisotopic (exact) mass is 225 g/mol. The summed E-state index contributed by atoms with van der Waals surface area (Å²) in [5.74, 6) is 2.03. The van der Waals surface area contributed by atoms with Gasteiger partial charge in [-0.15, -0.1) is 0 Å². The molecule has 1 rings (SSSR count). The van der Waals surface area contributed by atoms with Gasteiger partial charge in [0.1, 0.15) is 0 Å². The highest BCUT2D eigenvalue weighted by Gasteiger charge is 2.17. The van der Waals surface area contributed by atoms with Crippen molar-refractivity contribution in [3.8, 4) is 0 Å². The minimum atomic E-state index is 0.442. The van der Waals surface area contributed by atoms with Crippen LogP contribution in [0.1, 0.15) is 64.1 Å². The molecule has 1 heterocycles. The maximum atomic E-state index is 5.33. The third-order valence-electron chi connectivity index (χ3n) is 2.64. The predicted octanol–water partition coefficient (Wildman–Crippen LogP) is 2.86. The van der Waals surface area contributed by atoms with Crippen molar-refractivity contribution in [1.29, 1.82) is 0 Å². The Hall–Kier alpha value is -0.900. The molecule has 0 atom stereocenters. The Kier molecular flexibility index (Phi) is 6.08. The Morgan fingerprint density at radius 2 is 1.88 bits per heavy atom. The van der Waals surface area contributed by atoms with Crippen LogP contribution in [0.25, 0.3) is 0 Å². The van der Waals surface area contributed by atoms with Crippen LogP contribution in [0.4, 0.5) is 0 Å². The quantitative estimate of drug-likeness (QED) is 0.739. The predicted molar refractivity (Wildman–Crippen MR) is 64.2 cm³/mol. The van der Waals surface area contributed by atoms with E-state index in [1.54, 1.807) is 0 Å². The molecule has 0 radical (unpaired) electrons. The van der Waals surface area contributed by atoms with Crippen molar-refractivity contribution in [2.75, 3.05) is 6.54 Å². The molecule has 0 fully saturated rings. The van der Waals surface area contributed by atoms with E-state index in [-0.39, 0.29) is 0 Å². The SMILES string of the molecule is CCCC(CCC)c1nc(CNCC)no1. The molecule has 92 valence electrons. The number of hydrogen-bond acceptors (Lipinski definition) is 4. The zero-order valence-corrected chi connectivity index (χ0v) is 10.6. The number of aromatic nitrogens is 2. The summed E-state index contributed by atoms with van der Waals surface area (Å²) in [4.78, 5) is 4.45. The first-order chi connectivity index (χ1) is 7.81. The summed E-state index contributed by atoms with van der Waals surface area (Å²) in [6, 6.07) is 0. The maximum absolute atomic E-state index is 5.33. The minimum absolute atomic E-state index is 0.442.